The Bertz CT molecular complexity index is 615. The van der Waals surface area contributed by atoms with E-state index in [0.29, 0.717) is 17.5 Å². The first kappa shape index (κ1) is 14.2. The van der Waals surface area contributed by atoms with Crippen molar-refractivity contribution in [2.75, 3.05) is 0 Å². The van der Waals surface area contributed by atoms with Crippen LogP contribution >= 0.6 is 0 Å². The zero-order valence-electron chi connectivity index (χ0n) is 10.8. The molecule has 0 spiro atoms. The molecule has 7 heteroatoms. The van der Waals surface area contributed by atoms with Crippen molar-refractivity contribution in [3.8, 4) is 5.82 Å². The van der Waals surface area contributed by atoms with E-state index in [1.165, 1.54) is 16.9 Å². The molecule has 0 bridgehead atoms. The molecule has 0 aromatic carbocycles. The summed E-state index contributed by atoms with van der Waals surface area (Å²) in [6.45, 7) is 3.75. The van der Waals surface area contributed by atoms with Crippen molar-refractivity contribution in [1.82, 2.24) is 14.8 Å². The molecule has 0 unspecified atom stereocenters. The number of carbonyl (C=O) groups is 1. The van der Waals surface area contributed by atoms with Crippen LogP contribution in [0.25, 0.3) is 5.82 Å². The summed E-state index contributed by atoms with van der Waals surface area (Å²) in [6.07, 6.45) is -1.56. The van der Waals surface area contributed by atoms with E-state index in [1.807, 2.05) is 13.8 Å². The van der Waals surface area contributed by atoms with Gasteiger partial charge in [0.2, 0.25) is 0 Å². The van der Waals surface area contributed by atoms with E-state index in [9.17, 15) is 18.0 Å². The molecule has 0 fully saturated rings. The first-order valence-corrected chi connectivity index (χ1v) is 5.91. The molecule has 0 N–H and O–H groups in total. The van der Waals surface area contributed by atoms with Crippen molar-refractivity contribution in [3.05, 3.63) is 41.3 Å². The van der Waals surface area contributed by atoms with Crippen LogP contribution in [0.3, 0.4) is 0 Å². The Morgan fingerprint density at radius 2 is 2.00 bits per heavy atom. The molecule has 4 nitrogen and oxygen atoms in total. The fourth-order valence-electron chi connectivity index (χ4n) is 1.75. The summed E-state index contributed by atoms with van der Waals surface area (Å²) in [4.78, 5) is 14.7. The fraction of sp³-hybridized carbons (Fsp3) is 0.308. The van der Waals surface area contributed by atoms with E-state index >= 15 is 0 Å². The van der Waals surface area contributed by atoms with Crippen LogP contribution in [0, 0.1) is 0 Å². The molecule has 2 heterocycles. The number of hydrogen-bond donors (Lipinski definition) is 0. The lowest BCUT2D eigenvalue weighted by atomic mass is 10.1. The molecule has 0 radical (unpaired) electrons. The van der Waals surface area contributed by atoms with Gasteiger partial charge in [-0.2, -0.15) is 18.3 Å². The van der Waals surface area contributed by atoms with E-state index in [-0.39, 0.29) is 11.7 Å². The molecule has 2 aromatic rings. The van der Waals surface area contributed by atoms with Gasteiger partial charge in [-0.05, 0) is 18.1 Å². The number of pyridine rings is 1. The quantitative estimate of drug-likeness (QED) is 0.812. The first-order valence-electron chi connectivity index (χ1n) is 5.91. The van der Waals surface area contributed by atoms with E-state index in [2.05, 4.69) is 10.1 Å². The Labute approximate surface area is 113 Å². The Kier molecular flexibility index (Phi) is 3.61. The lowest BCUT2D eigenvalue weighted by Crippen LogP contribution is -2.07. The Balaban J connectivity index is 2.39. The maximum Gasteiger partial charge on any atom is 0.417 e. The van der Waals surface area contributed by atoms with E-state index in [0.717, 1.165) is 12.3 Å². The molecule has 0 aliphatic heterocycles. The number of carbonyl (C=O) groups excluding carboxylic acids is 1. The minimum Gasteiger partial charge on any atom is -0.298 e. The Morgan fingerprint density at radius 3 is 2.40 bits per heavy atom. The maximum atomic E-state index is 12.4. The van der Waals surface area contributed by atoms with Gasteiger partial charge in [-0.3, -0.25) is 4.79 Å². The minimum absolute atomic E-state index is 0.0332. The highest BCUT2D eigenvalue weighted by molar-refractivity contribution is 5.76. The number of hydrogen-bond acceptors (Lipinski definition) is 3. The minimum atomic E-state index is -4.42. The Morgan fingerprint density at radius 1 is 1.30 bits per heavy atom. The lowest BCUT2D eigenvalue weighted by Gasteiger charge is -2.06. The predicted octanol–water partition coefficient (Wildman–Crippen LogP) is 3.22. The average Bonchev–Trinajstić information content (AvgIpc) is 2.82. The van der Waals surface area contributed by atoms with Crippen molar-refractivity contribution < 1.29 is 18.0 Å². The molecule has 106 valence electrons. The molecule has 0 aliphatic rings. The molecule has 0 saturated heterocycles. The highest BCUT2D eigenvalue weighted by Gasteiger charge is 2.30. The van der Waals surface area contributed by atoms with Crippen molar-refractivity contribution >= 4 is 6.29 Å². The van der Waals surface area contributed by atoms with Gasteiger partial charge in [-0.1, -0.05) is 13.8 Å². The molecule has 0 aliphatic carbocycles. The zero-order valence-corrected chi connectivity index (χ0v) is 10.8. The van der Waals surface area contributed by atoms with Crippen LogP contribution in [-0.4, -0.2) is 21.1 Å². The number of aldehydes is 1. The van der Waals surface area contributed by atoms with Gasteiger partial charge in [0.15, 0.2) is 12.1 Å². The number of halogens is 3. The normalized spacial score (nSPS) is 11.9. The number of rotatable bonds is 3. The molecule has 2 aromatic heterocycles. The molecule has 20 heavy (non-hydrogen) atoms. The van der Waals surface area contributed by atoms with E-state index < -0.39 is 11.7 Å². The number of nitrogens with zero attached hydrogens (tertiary/aromatic N) is 3. The van der Waals surface area contributed by atoms with E-state index in [4.69, 9.17) is 0 Å². The standard InChI is InChI=1S/C13H12F3N3O/c1-8(2)12-9(7-20)6-19(18-12)11-4-3-10(5-17-11)13(14,15)16/h3-8H,1-2H3. The van der Waals surface area contributed by atoms with Crippen LogP contribution in [0.2, 0.25) is 0 Å². The third-order valence-corrected chi connectivity index (χ3v) is 2.76. The monoisotopic (exact) mass is 283 g/mol. The van der Waals surface area contributed by atoms with Crippen LogP contribution in [0.5, 0.6) is 0 Å². The highest BCUT2D eigenvalue weighted by atomic mass is 19.4. The topological polar surface area (TPSA) is 47.8 Å². The smallest absolute Gasteiger partial charge is 0.298 e. The van der Waals surface area contributed by atoms with Crippen molar-refractivity contribution in [3.63, 3.8) is 0 Å². The fourth-order valence-corrected chi connectivity index (χ4v) is 1.75. The first-order chi connectivity index (χ1) is 9.32. The zero-order chi connectivity index (χ0) is 14.9. The van der Waals surface area contributed by atoms with Gasteiger partial charge >= 0.3 is 6.18 Å². The van der Waals surface area contributed by atoms with Crippen LogP contribution < -0.4 is 0 Å². The molecular weight excluding hydrogens is 271 g/mol. The number of aromatic nitrogens is 3. The van der Waals surface area contributed by atoms with Crippen LogP contribution in [0.1, 0.15) is 41.4 Å². The Hall–Kier alpha value is -2.18. The van der Waals surface area contributed by atoms with Gasteiger partial charge in [-0.25, -0.2) is 9.67 Å². The maximum absolute atomic E-state index is 12.4. The molecule has 0 saturated carbocycles. The summed E-state index contributed by atoms with van der Waals surface area (Å²) in [6, 6.07) is 2.15. The third-order valence-electron chi connectivity index (χ3n) is 2.76. The van der Waals surface area contributed by atoms with Gasteiger partial charge in [0.1, 0.15) is 0 Å². The van der Waals surface area contributed by atoms with Gasteiger partial charge in [0, 0.05) is 12.4 Å². The number of alkyl halides is 3. The SMILES string of the molecule is CC(C)c1nn(-c2ccc(C(F)(F)F)cn2)cc1C=O. The second-order valence-electron chi connectivity index (χ2n) is 4.59. The van der Waals surface area contributed by atoms with Crippen LogP contribution in [0.15, 0.2) is 24.5 Å². The van der Waals surface area contributed by atoms with Crippen LogP contribution in [-0.2, 0) is 6.18 Å². The predicted molar refractivity (Wildman–Crippen MR) is 65.8 cm³/mol. The molecular formula is C13H12F3N3O. The molecule has 2 rings (SSSR count). The molecule has 0 atom stereocenters. The average molecular weight is 283 g/mol. The van der Waals surface area contributed by atoms with Crippen LogP contribution in [0.4, 0.5) is 13.2 Å². The largest absolute Gasteiger partial charge is 0.417 e. The summed E-state index contributed by atoms with van der Waals surface area (Å²) >= 11 is 0. The van der Waals surface area contributed by atoms with Gasteiger partial charge in [0.05, 0.1) is 16.8 Å². The lowest BCUT2D eigenvalue weighted by molar-refractivity contribution is -0.137. The van der Waals surface area contributed by atoms with Gasteiger partial charge in [0.25, 0.3) is 0 Å². The summed E-state index contributed by atoms with van der Waals surface area (Å²) in [5.41, 5.74) is 0.163. The van der Waals surface area contributed by atoms with Crippen molar-refractivity contribution in [2.24, 2.45) is 0 Å². The van der Waals surface area contributed by atoms with Crippen molar-refractivity contribution in [2.45, 2.75) is 25.9 Å². The third kappa shape index (κ3) is 2.71. The second-order valence-corrected chi connectivity index (χ2v) is 4.59. The summed E-state index contributed by atoms with van der Waals surface area (Å²) < 4.78 is 38.6. The van der Waals surface area contributed by atoms with Gasteiger partial charge < -0.3 is 0 Å². The van der Waals surface area contributed by atoms with Crippen molar-refractivity contribution in [1.29, 1.82) is 0 Å². The van der Waals surface area contributed by atoms with E-state index in [1.54, 1.807) is 0 Å². The second kappa shape index (κ2) is 5.07. The summed E-state index contributed by atoms with van der Waals surface area (Å²) in [7, 11) is 0. The van der Waals surface area contributed by atoms with Gasteiger partial charge in [-0.15, -0.1) is 0 Å². The molecule has 0 amide bonds. The summed E-state index contributed by atoms with van der Waals surface area (Å²) in [5, 5.41) is 4.18. The summed E-state index contributed by atoms with van der Waals surface area (Å²) in [5.74, 6) is 0.263. The highest BCUT2D eigenvalue weighted by Crippen LogP contribution is 2.28.